The molecule has 4 nitrogen and oxygen atoms in total. The standard InChI is InChI=1S/C16H18O4/c17-12-13-2-6-15(7-3-13)19-10-1-11-20-16-8-4-14(18)5-9-16/h2-4,6-9,12,14,18H,1,5,10-11H2. The Bertz CT molecular complexity index is 488. The molecule has 106 valence electrons. The van der Waals surface area contributed by atoms with Crippen molar-refractivity contribution in [3.05, 3.63) is 53.8 Å². The molecule has 0 fully saturated rings. The molecule has 0 spiro atoms. The highest BCUT2D eigenvalue weighted by Gasteiger charge is 2.05. The van der Waals surface area contributed by atoms with Crippen LogP contribution >= 0.6 is 0 Å². The lowest BCUT2D eigenvalue weighted by Crippen LogP contribution is -2.07. The number of carbonyl (C=O) groups is 1. The van der Waals surface area contributed by atoms with Gasteiger partial charge in [0.2, 0.25) is 0 Å². The van der Waals surface area contributed by atoms with Crippen LogP contribution in [0.2, 0.25) is 0 Å². The van der Waals surface area contributed by atoms with Crippen LogP contribution in [0.1, 0.15) is 23.2 Å². The van der Waals surface area contributed by atoms with Crippen LogP contribution in [-0.4, -0.2) is 30.7 Å². The van der Waals surface area contributed by atoms with Crippen molar-refractivity contribution in [2.45, 2.75) is 18.9 Å². The number of hydrogen-bond acceptors (Lipinski definition) is 4. The molecule has 0 aromatic heterocycles. The van der Waals surface area contributed by atoms with E-state index in [9.17, 15) is 9.90 Å². The number of benzene rings is 1. The molecule has 0 amide bonds. The summed E-state index contributed by atoms with van der Waals surface area (Å²) in [6.07, 6.45) is 7.17. The predicted octanol–water partition coefficient (Wildman–Crippen LogP) is 2.49. The highest BCUT2D eigenvalue weighted by Crippen LogP contribution is 2.13. The Hall–Kier alpha value is -2.07. The summed E-state index contributed by atoms with van der Waals surface area (Å²) in [5.41, 5.74) is 0.638. The normalized spacial score (nSPS) is 17.4. The van der Waals surface area contributed by atoms with E-state index in [2.05, 4.69) is 0 Å². The van der Waals surface area contributed by atoms with E-state index in [1.807, 2.05) is 6.08 Å². The smallest absolute Gasteiger partial charge is 0.150 e. The van der Waals surface area contributed by atoms with E-state index in [0.29, 0.717) is 25.2 Å². The van der Waals surface area contributed by atoms with Crippen molar-refractivity contribution < 1.29 is 19.4 Å². The third-order valence-electron chi connectivity index (χ3n) is 2.89. The number of carbonyl (C=O) groups excluding carboxylic acids is 1. The van der Waals surface area contributed by atoms with Crippen LogP contribution in [0, 0.1) is 0 Å². The number of allylic oxidation sites excluding steroid dienone is 1. The largest absolute Gasteiger partial charge is 0.494 e. The van der Waals surface area contributed by atoms with Crippen LogP contribution in [0.25, 0.3) is 0 Å². The number of hydrogen-bond donors (Lipinski definition) is 1. The Morgan fingerprint density at radius 2 is 1.95 bits per heavy atom. The molecule has 0 bridgehead atoms. The lowest BCUT2D eigenvalue weighted by atomic mass is 10.1. The minimum absolute atomic E-state index is 0.389. The molecule has 1 unspecified atom stereocenters. The van der Waals surface area contributed by atoms with Gasteiger partial charge in [0.1, 0.15) is 17.8 Å². The number of ether oxygens (including phenoxy) is 2. The minimum Gasteiger partial charge on any atom is -0.494 e. The summed E-state index contributed by atoms with van der Waals surface area (Å²) in [7, 11) is 0. The first-order chi connectivity index (χ1) is 9.78. The van der Waals surface area contributed by atoms with Gasteiger partial charge < -0.3 is 14.6 Å². The van der Waals surface area contributed by atoms with Gasteiger partial charge >= 0.3 is 0 Å². The zero-order chi connectivity index (χ0) is 14.2. The van der Waals surface area contributed by atoms with E-state index in [4.69, 9.17) is 9.47 Å². The second-order valence-corrected chi connectivity index (χ2v) is 4.51. The maximum atomic E-state index is 10.5. The molecule has 0 radical (unpaired) electrons. The van der Waals surface area contributed by atoms with Crippen LogP contribution in [0.4, 0.5) is 0 Å². The van der Waals surface area contributed by atoms with Gasteiger partial charge in [-0.05, 0) is 42.8 Å². The van der Waals surface area contributed by atoms with Crippen molar-refractivity contribution >= 4 is 6.29 Å². The SMILES string of the molecule is O=Cc1ccc(OCCCOC2=CCC(O)C=C2)cc1. The fourth-order valence-electron chi connectivity index (χ4n) is 1.78. The first kappa shape index (κ1) is 14.3. The highest BCUT2D eigenvalue weighted by atomic mass is 16.5. The molecule has 0 heterocycles. The summed E-state index contributed by atoms with van der Waals surface area (Å²) < 4.78 is 11.1. The van der Waals surface area contributed by atoms with E-state index in [0.717, 1.165) is 24.2 Å². The van der Waals surface area contributed by atoms with Gasteiger partial charge in [-0.25, -0.2) is 0 Å². The third-order valence-corrected chi connectivity index (χ3v) is 2.89. The quantitative estimate of drug-likeness (QED) is 0.613. The molecule has 1 aromatic carbocycles. The summed E-state index contributed by atoms with van der Waals surface area (Å²) in [5.74, 6) is 1.54. The molecule has 1 aliphatic rings. The first-order valence-corrected chi connectivity index (χ1v) is 6.65. The van der Waals surface area contributed by atoms with Gasteiger partial charge in [-0.1, -0.05) is 6.08 Å². The maximum absolute atomic E-state index is 10.5. The lowest BCUT2D eigenvalue weighted by molar-refractivity contribution is 0.112. The molecule has 0 aliphatic heterocycles. The first-order valence-electron chi connectivity index (χ1n) is 6.65. The van der Waals surface area contributed by atoms with Gasteiger partial charge in [0.25, 0.3) is 0 Å². The summed E-state index contributed by atoms with van der Waals surface area (Å²) in [6.45, 7) is 1.12. The fraction of sp³-hybridized carbons (Fsp3) is 0.312. The van der Waals surface area contributed by atoms with Crippen molar-refractivity contribution in [1.82, 2.24) is 0 Å². The third kappa shape index (κ3) is 4.55. The zero-order valence-electron chi connectivity index (χ0n) is 11.2. The number of aliphatic hydroxyl groups is 1. The average molecular weight is 274 g/mol. The van der Waals surface area contributed by atoms with Crippen molar-refractivity contribution in [1.29, 1.82) is 0 Å². The van der Waals surface area contributed by atoms with Crippen molar-refractivity contribution in [3.8, 4) is 5.75 Å². The Balaban J connectivity index is 1.61. The second-order valence-electron chi connectivity index (χ2n) is 4.51. The van der Waals surface area contributed by atoms with Crippen molar-refractivity contribution in [2.24, 2.45) is 0 Å². The molecule has 1 N–H and O–H groups in total. The van der Waals surface area contributed by atoms with Crippen LogP contribution in [-0.2, 0) is 4.74 Å². The van der Waals surface area contributed by atoms with Gasteiger partial charge in [0, 0.05) is 12.0 Å². The predicted molar refractivity (Wildman–Crippen MR) is 75.7 cm³/mol. The maximum Gasteiger partial charge on any atom is 0.150 e. The Labute approximate surface area is 118 Å². The molecule has 0 saturated carbocycles. The molecule has 1 atom stereocenters. The molecule has 1 aliphatic carbocycles. The molecular formula is C16H18O4. The summed E-state index contributed by atoms with van der Waals surface area (Å²) in [4.78, 5) is 10.5. The lowest BCUT2D eigenvalue weighted by Gasteiger charge is -2.13. The monoisotopic (exact) mass is 274 g/mol. The summed E-state index contributed by atoms with van der Waals surface area (Å²) in [5, 5.41) is 9.27. The van der Waals surface area contributed by atoms with E-state index in [-0.39, 0.29) is 6.10 Å². The van der Waals surface area contributed by atoms with Crippen LogP contribution in [0.5, 0.6) is 5.75 Å². The zero-order valence-corrected chi connectivity index (χ0v) is 11.2. The Morgan fingerprint density at radius 3 is 2.60 bits per heavy atom. The van der Waals surface area contributed by atoms with Crippen LogP contribution in [0.3, 0.4) is 0 Å². The molecule has 20 heavy (non-hydrogen) atoms. The topological polar surface area (TPSA) is 55.8 Å². The van der Waals surface area contributed by atoms with E-state index in [1.165, 1.54) is 0 Å². The molecule has 1 aromatic rings. The van der Waals surface area contributed by atoms with Gasteiger partial charge in [-0.2, -0.15) is 0 Å². The molecular weight excluding hydrogens is 256 g/mol. The van der Waals surface area contributed by atoms with Gasteiger partial charge in [0.15, 0.2) is 0 Å². The average Bonchev–Trinajstić information content (AvgIpc) is 2.49. The van der Waals surface area contributed by atoms with Gasteiger partial charge in [-0.3, -0.25) is 4.79 Å². The van der Waals surface area contributed by atoms with E-state index in [1.54, 1.807) is 36.4 Å². The number of rotatable bonds is 7. The van der Waals surface area contributed by atoms with Crippen LogP contribution < -0.4 is 4.74 Å². The van der Waals surface area contributed by atoms with Crippen LogP contribution in [0.15, 0.2) is 48.3 Å². The fourth-order valence-corrected chi connectivity index (χ4v) is 1.78. The van der Waals surface area contributed by atoms with Gasteiger partial charge in [0.05, 0.1) is 19.3 Å². The molecule has 2 rings (SSSR count). The summed E-state index contributed by atoms with van der Waals surface area (Å²) >= 11 is 0. The minimum atomic E-state index is -0.389. The summed E-state index contributed by atoms with van der Waals surface area (Å²) in [6, 6.07) is 7.00. The van der Waals surface area contributed by atoms with E-state index >= 15 is 0 Å². The van der Waals surface area contributed by atoms with Gasteiger partial charge in [-0.15, -0.1) is 0 Å². The van der Waals surface area contributed by atoms with Crippen molar-refractivity contribution in [3.63, 3.8) is 0 Å². The number of aliphatic hydroxyl groups excluding tert-OH is 1. The molecule has 4 heteroatoms. The number of aldehydes is 1. The Morgan fingerprint density at radius 1 is 1.20 bits per heavy atom. The van der Waals surface area contributed by atoms with Crippen molar-refractivity contribution in [2.75, 3.05) is 13.2 Å². The van der Waals surface area contributed by atoms with E-state index < -0.39 is 0 Å². The second kappa shape index (κ2) is 7.50. The highest BCUT2D eigenvalue weighted by molar-refractivity contribution is 5.74. The molecule has 0 saturated heterocycles. The Kier molecular flexibility index (Phi) is 5.38.